The normalized spacial score (nSPS) is 23.7. The quantitative estimate of drug-likeness (QED) is 0.606. The molecule has 25 heavy (non-hydrogen) atoms. The summed E-state index contributed by atoms with van der Waals surface area (Å²) in [6, 6.07) is 7.16. The Morgan fingerprint density at radius 3 is 2.56 bits per heavy atom. The third-order valence-electron chi connectivity index (χ3n) is 3.95. The third-order valence-corrected chi connectivity index (χ3v) is 6.98. The van der Waals surface area contributed by atoms with Crippen LogP contribution in [0.4, 0.5) is 0 Å². The summed E-state index contributed by atoms with van der Waals surface area (Å²) in [6.07, 6.45) is 0. The molecule has 2 unspecified atom stereocenters. The molecule has 10 heteroatoms. The Balaban J connectivity index is 1.48. The van der Waals surface area contributed by atoms with Gasteiger partial charge in [-0.3, -0.25) is 10.9 Å². The molecule has 0 radical (unpaired) electrons. The van der Waals surface area contributed by atoms with Gasteiger partial charge in [-0.2, -0.15) is 0 Å². The van der Waals surface area contributed by atoms with E-state index in [0.29, 0.717) is 5.88 Å². The number of hydrogen-bond donors (Lipinski definition) is 3. The minimum absolute atomic E-state index is 0.163. The Bertz CT molecular complexity index is 770. The summed E-state index contributed by atoms with van der Waals surface area (Å²) >= 11 is 1.59. The Kier molecular flexibility index (Phi) is 5.64. The average Bonchev–Trinajstić information content (AvgIpc) is 3.22. The van der Waals surface area contributed by atoms with E-state index in [1.54, 1.807) is 17.4 Å². The number of rotatable bonds is 7. The van der Waals surface area contributed by atoms with Crippen LogP contribution in [0.25, 0.3) is 10.6 Å². The molecule has 3 heterocycles. The zero-order chi connectivity index (χ0) is 17.9. The fourth-order valence-corrected chi connectivity index (χ4v) is 5.25. The lowest BCUT2D eigenvalue weighted by molar-refractivity contribution is 0.306. The second-order valence-corrected chi connectivity index (χ2v) is 8.72. The average molecular weight is 383 g/mol. The van der Waals surface area contributed by atoms with Gasteiger partial charge in [-0.05, 0) is 31.4 Å². The van der Waals surface area contributed by atoms with Crippen LogP contribution in [-0.4, -0.2) is 49.1 Å². The third kappa shape index (κ3) is 4.33. The lowest BCUT2D eigenvalue weighted by Crippen LogP contribution is -2.45. The van der Waals surface area contributed by atoms with Crippen LogP contribution in [0.5, 0.6) is 5.88 Å². The second kappa shape index (κ2) is 7.75. The molecule has 0 saturated carbocycles. The first-order valence-corrected chi connectivity index (χ1v) is 10.4. The number of aromatic nitrogens is 2. The van der Waals surface area contributed by atoms with Crippen LogP contribution < -0.4 is 20.3 Å². The molecule has 2 atom stereocenters. The van der Waals surface area contributed by atoms with Gasteiger partial charge in [-0.15, -0.1) is 21.5 Å². The van der Waals surface area contributed by atoms with Gasteiger partial charge in [0.15, 0.2) is 0 Å². The van der Waals surface area contributed by atoms with Crippen LogP contribution >= 0.6 is 11.3 Å². The van der Waals surface area contributed by atoms with E-state index < -0.39 is 15.3 Å². The van der Waals surface area contributed by atoms with Crippen LogP contribution in [0, 0.1) is 0 Å². The van der Waals surface area contributed by atoms with Crippen molar-refractivity contribution in [3.8, 4) is 16.5 Å². The molecule has 0 aliphatic carbocycles. The number of thiophene rings is 1. The van der Waals surface area contributed by atoms with Crippen LogP contribution in [-0.2, 0) is 10.0 Å². The van der Waals surface area contributed by atoms with E-state index >= 15 is 0 Å². The largest absolute Gasteiger partial charge is 0.475 e. The maximum atomic E-state index is 12.4. The predicted molar refractivity (Wildman–Crippen MR) is 96.7 cm³/mol. The highest BCUT2D eigenvalue weighted by Crippen LogP contribution is 2.22. The fourth-order valence-electron chi connectivity index (χ4n) is 2.79. The first-order chi connectivity index (χ1) is 12.0. The molecule has 3 N–H and O–H groups in total. The smallest absolute Gasteiger partial charge is 0.233 e. The molecule has 0 amide bonds. The first-order valence-electron chi connectivity index (χ1n) is 7.97. The summed E-state index contributed by atoms with van der Waals surface area (Å²) in [5, 5.41) is 9.57. The molecule has 0 aromatic carbocycles. The highest BCUT2D eigenvalue weighted by atomic mass is 32.2. The monoisotopic (exact) mass is 383 g/mol. The summed E-state index contributed by atoms with van der Waals surface area (Å²) in [5.74, 6) is 0.366. The highest BCUT2D eigenvalue weighted by molar-refractivity contribution is 7.90. The van der Waals surface area contributed by atoms with Crippen LogP contribution in [0.15, 0.2) is 29.6 Å². The molecule has 1 aliphatic rings. The molecule has 1 fully saturated rings. The van der Waals surface area contributed by atoms with Crippen molar-refractivity contribution in [3.05, 3.63) is 29.6 Å². The van der Waals surface area contributed by atoms with Gasteiger partial charge in [0.25, 0.3) is 0 Å². The van der Waals surface area contributed by atoms with Gasteiger partial charge >= 0.3 is 0 Å². The Hall–Kier alpha value is -1.59. The Labute approximate surface area is 151 Å². The second-order valence-electron chi connectivity index (χ2n) is 5.85. The zero-order valence-electron chi connectivity index (χ0n) is 14.0. The topological polar surface area (TPSA) is 105 Å². The lowest BCUT2D eigenvalue weighted by atomic mass is 10.2. The summed E-state index contributed by atoms with van der Waals surface area (Å²) in [5.41, 5.74) is 6.67. The summed E-state index contributed by atoms with van der Waals surface area (Å²) < 4.78 is 32.8. The molecular weight excluding hydrogens is 362 g/mol. The van der Waals surface area contributed by atoms with Crippen molar-refractivity contribution in [1.82, 2.24) is 25.8 Å². The van der Waals surface area contributed by atoms with Crippen LogP contribution in [0.2, 0.25) is 0 Å². The maximum Gasteiger partial charge on any atom is 0.233 e. The van der Waals surface area contributed by atoms with E-state index in [1.165, 1.54) is 0 Å². The lowest BCUT2D eigenvalue weighted by Gasteiger charge is -2.19. The van der Waals surface area contributed by atoms with Crippen molar-refractivity contribution >= 4 is 21.4 Å². The van der Waals surface area contributed by atoms with Crippen LogP contribution in [0.1, 0.15) is 13.8 Å². The van der Waals surface area contributed by atoms with E-state index in [9.17, 15) is 8.42 Å². The van der Waals surface area contributed by atoms with Crippen molar-refractivity contribution in [2.75, 3.05) is 13.2 Å². The molecule has 136 valence electrons. The van der Waals surface area contributed by atoms with Crippen molar-refractivity contribution in [1.29, 1.82) is 0 Å². The predicted octanol–water partition coefficient (Wildman–Crippen LogP) is 0.757. The van der Waals surface area contributed by atoms with Gasteiger partial charge in [0, 0.05) is 24.7 Å². The molecular formula is C15H21N5O3S2. The molecule has 0 spiro atoms. The van der Waals surface area contributed by atoms with Gasteiger partial charge in [-0.1, -0.05) is 6.07 Å². The Morgan fingerprint density at radius 1 is 1.20 bits per heavy atom. The molecule has 2 aromatic heterocycles. The number of nitrogens with zero attached hydrogens (tertiary/aromatic N) is 2. The van der Waals surface area contributed by atoms with E-state index in [0.717, 1.165) is 10.6 Å². The van der Waals surface area contributed by atoms with E-state index in [-0.39, 0.29) is 25.2 Å². The molecule has 1 aliphatic heterocycles. The Morgan fingerprint density at radius 2 is 1.96 bits per heavy atom. The van der Waals surface area contributed by atoms with Gasteiger partial charge < -0.3 is 4.74 Å². The molecule has 1 saturated heterocycles. The number of sulfonamides is 1. The zero-order valence-corrected chi connectivity index (χ0v) is 15.6. The van der Waals surface area contributed by atoms with Crippen LogP contribution in [0.3, 0.4) is 0 Å². The minimum atomic E-state index is -3.44. The van der Waals surface area contributed by atoms with E-state index in [1.807, 2.05) is 37.4 Å². The minimum Gasteiger partial charge on any atom is -0.475 e. The van der Waals surface area contributed by atoms with Gasteiger partial charge in [0.2, 0.25) is 15.9 Å². The molecule has 8 nitrogen and oxygen atoms in total. The summed E-state index contributed by atoms with van der Waals surface area (Å²) in [4.78, 5) is 1.04. The molecule has 0 bridgehead atoms. The van der Waals surface area contributed by atoms with Gasteiger partial charge in [0.05, 0.1) is 4.88 Å². The summed E-state index contributed by atoms with van der Waals surface area (Å²) in [6.45, 7) is 4.03. The van der Waals surface area contributed by atoms with Crippen molar-refractivity contribution in [2.24, 2.45) is 0 Å². The molecule has 3 rings (SSSR count). The van der Waals surface area contributed by atoms with Gasteiger partial charge in [-0.25, -0.2) is 13.1 Å². The van der Waals surface area contributed by atoms with E-state index in [4.69, 9.17) is 4.74 Å². The molecule has 2 aromatic rings. The standard InChI is InChI=1S/C15H21N5O3S2/c1-10-15(11(2)18-17-10)25(21,22)16-7-8-23-14-6-5-12(19-20-14)13-4-3-9-24-13/h3-6,9-11,15-18H,7-8H2,1-2H3. The SMILES string of the molecule is CC1NNC(C)C1S(=O)(=O)NCCOc1ccc(-c2cccs2)nn1. The maximum absolute atomic E-state index is 12.4. The first kappa shape index (κ1) is 18.2. The summed E-state index contributed by atoms with van der Waals surface area (Å²) in [7, 11) is -3.44. The van der Waals surface area contributed by atoms with Gasteiger partial charge in [0.1, 0.15) is 17.6 Å². The number of ether oxygens (including phenoxy) is 1. The van der Waals surface area contributed by atoms with E-state index in [2.05, 4.69) is 25.8 Å². The highest BCUT2D eigenvalue weighted by Gasteiger charge is 2.39. The number of hydrogen-bond acceptors (Lipinski definition) is 8. The number of nitrogens with one attached hydrogen (secondary N) is 3. The van der Waals surface area contributed by atoms with Crippen molar-refractivity contribution in [2.45, 2.75) is 31.2 Å². The fraction of sp³-hybridized carbons (Fsp3) is 0.467. The van der Waals surface area contributed by atoms with Crippen molar-refractivity contribution < 1.29 is 13.2 Å². The van der Waals surface area contributed by atoms with Crippen molar-refractivity contribution in [3.63, 3.8) is 0 Å². The number of hydrazine groups is 1.